The molecular formula is C17H16FNO3. The number of nitrogens with zero attached hydrogens (tertiary/aromatic N) is 1. The predicted molar refractivity (Wildman–Crippen MR) is 81.8 cm³/mol. The van der Waals surface area contributed by atoms with Crippen molar-refractivity contribution in [3.8, 4) is 0 Å². The second kappa shape index (κ2) is 6.85. The second-order valence-electron chi connectivity index (χ2n) is 4.95. The predicted octanol–water partition coefficient (Wildman–Crippen LogP) is 2.93. The number of ether oxygens (including phenoxy) is 1. The summed E-state index contributed by atoms with van der Waals surface area (Å²) in [5.74, 6) is -1.37. The van der Waals surface area contributed by atoms with Crippen LogP contribution in [0.3, 0.4) is 0 Å². The molecule has 2 rings (SSSR count). The van der Waals surface area contributed by atoms with E-state index in [0.717, 1.165) is 5.69 Å². The molecule has 0 aliphatic heterocycles. The number of benzene rings is 2. The fourth-order valence-electron chi connectivity index (χ4n) is 1.84. The molecule has 2 aromatic carbocycles. The first-order chi connectivity index (χ1) is 10.5. The van der Waals surface area contributed by atoms with Crippen molar-refractivity contribution in [2.45, 2.75) is 0 Å². The van der Waals surface area contributed by atoms with Crippen LogP contribution >= 0.6 is 0 Å². The molecule has 0 saturated carbocycles. The normalized spacial score (nSPS) is 10.1. The smallest absolute Gasteiger partial charge is 0.338 e. The zero-order valence-corrected chi connectivity index (χ0v) is 12.4. The van der Waals surface area contributed by atoms with E-state index >= 15 is 0 Å². The molecule has 0 amide bonds. The fourth-order valence-corrected chi connectivity index (χ4v) is 1.84. The Morgan fingerprint density at radius 2 is 1.73 bits per heavy atom. The summed E-state index contributed by atoms with van der Waals surface area (Å²) in [7, 11) is 3.73. The van der Waals surface area contributed by atoms with Crippen molar-refractivity contribution < 1.29 is 18.7 Å². The van der Waals surface area contributed by atoms with Gasteiger partial charge in [-0.2, -0.15) is 0 Å². The average Bonchev–Trinajstić information content (AvgIpc) is 2.53. The van der Waals surface area contributed by atoms with Crippen molar-refractivity contribution in [1.29, 1.82) is 0 Å². The molecule has 4 nitrogen and oxygen atoms in total. The molecule has 2 aromatic rings. The number of esters is 1. The molecule has 114 valence electrons. The average molecular weight is 301 g/mol. The Bertz CT molecular complexity index is 681. The molecule has 0 unspecified atom stereocenters. The van der Waals surface area contributed by atoms with Gasteiger partial charge in [-0.3, -0.25) is 4.79 Å². The Hall–Kier alpha value is -2.69. The Kier molecular flexibility index (Phi) is 4.88. The first-order valence-corrected chi connectivity index (χ1v) is 6.70. The largest absolute Gasteiger partial charge is 0.454 e. The first-order valence-electron chi connectivity index (χ1n) is 6.70. The van der Waals surface area contributed by atoms with Gasteiger partial charge in [-0.15, -0.1) is 0 Å². The maximum atomic E-state index is 12.8. The summed E-state index contributed by atoms with van der Waals surface area (Å²) in [6, 6.07) is 12.0. The van der Waals surface area contributed by atoms with Crippen molar-refractivity contribution in [3.63, 3.8) is 0 Å². The second-order valence-corrected chi connectivity index (χ2v) is 4.95. The van der Waals surface area contributed by atoms with E-state index in [4.69, 9.17) is 4.74 Å². The van der Waals surface area contributed by atoms with Crippen LogP contribution in [0.1, 0.15) is 20.7 Å². The number of rotatable bonds is 5. The van der Waals surface area contributed by atoms with Gasteiger partial charge in [-0.1, -0.05) is 6.07 Å². The van der Waals surface area contributed by atoms with E-state index in [0.29, 0.717) is 11.1 Å². The number of Topliss-reactive ketones (excluding diaryl/α,β-unsaturated/α-hetero) is 1. The minimum Gasteiger partial charge on any atom is -0.454 e. The number of carbonyl (C=O) groups excluding carboxylic acids is 2. The number of carbonyl (C=O) groups is 2. The minimum absolute atomic E-state index is 0.302. The zero-order valence-electron chi connectivity index (χ0n) is 12.4. The Morgan fingerprint density at radius 3 is 2.36 bits per heavy atom. The standard InChI is InChI=1S/C17H16FNO3/c1-19(2)15-5-3-4-13(10-15)17(21)22-11-16(20)12-6-8-14(18)9-7-12/h3-10H,11H2,1-2H3. The molecular weight excluding hydrogens is 285 g/mol. The maximum absolute atomic E-state index is 12.8. The van der Waals surface area contributed by atoms with Crippen LogP contribution in [0.5, 0.6) is 0 Å². The molecule has 0 saturated heterocycles. The van der Waals surface area contributed by atoms with Crippen molar-refractivity contribution in [3.05, 3.63) is 65.5 Å². The van der Waals surface area contributed by atoms with Gasteiger partial charge in [0.25, 0.3) is 0 Å². The van der Waals surface area contributed by atoms with Gasteiger partial charge in [-0.05, 0) is 42.5 Å². The highest BCUT2D eigenvalue weighted by molar-refractivity contribution is 5.99. The lowest BCUT2D eigenvalue weighted by Crippen LogP contribution is -2.15. The van der Waals surface area contributed by atoms with E-state index in [1.165, 1.54) is 24.3 Å². The van der Waals surface area contributed by atoms with E-state index in [9.17, 15) is 14.0 Å². The number of halogens is 1. The zero-order chi connectivity index (χ0) is 16.1. The van der Waals surface area contributed by atoms with Crippen molar-refractivity contribution in [1.82, 2.24) is 0 Å². The van der Waals surface area contributed by atoms with Crippen molar-refractivity contribution >= 4 is 17.4 Å². The van der Waals surface area contributed by atoms with E-state index in [1.54, 1.807) is 18.2 Å². The maximum Gasteiger partial charge on any atom is 0.338 e. The van der Waals surface area contributed by atoms with E-state index in [1.807, 2.05) is 25.1 Å². The molecule has 0 radical (unpaired) electrons. The van der Waals surface area contributed by atoms with Crippen LogP contribution in [0, 0.1) is 5.82 Å². The summed E-state index contributed by atoms with van der Waals surface area (Å²) in [5, 5.41) is 0. The van der Waals surface area contributed by atoms with Crippen LogP contribution in [-0.2, 0) is 4.74 Å². The Labute approximate surface area is 128 Å². The number of anilines is 1. The van der Waals surface area contributed by atoms with E-state index in [2.05, 4.69) is 0 Å². The van der Waals surface area contributed by atoms with Crippen LogP contribution in [0.15, 0.2) is 48.5 Å². The molecule has 0 aliphatic carbocycles. The first kappa shape index (κ1) is 15.7. The van der Waals surface area contributed by atoms with Gasteiger partial charge in [0.15, 0.2) is 12.4 Å². The van der Waals surface area contributed by atoms with Gasteiger partial charge >= 0.3 is 5.97 Å². The van der Waals surface area contributed by atoms with Crippen LogP contribution < -0.4 is 4.90 Å². The third kappa shape index (κ3) is 3.91. The summed E-state index contributed by atoms with van der Waals surface area (Å²) in [5.41, 5.74) is 1.54. The Balaban J connectivity index is 1.99. The minimum atomic E-state index is -0.570. The van der Waals surface area contributed by atoms with Gasteiger partial charge in [0, 0.05) is 25.3 Å². The highest BCUT2D eigenvalue weighted by Crippen LogP contribution is 2.14. The number of hydrogen-bond donors (Lipinski definition) is 0. The van der Waals surface area contributed by atoms with Crippen LogP contribution in [-0.4, -0.2) is 32.5 Å². The summed E-state index contributed by atoms with van der Waals surface area (Å²) in [6.07, 6.45) is 0. The molecule has 0 atom stereocenters. The molecule has 0 aromatic heterocycles. The summed E-state index contributed by atoms with van der Waals surface area (Å²) in [4.78, 5) is 25.7. The lowest BCUT2D eigenvalue weighted by atomic mass is 10.1. The molecule has 0 spiro atoms. The van der Waals surface area contributed by atoms with Crippen molar-refractivity contribution in [2.75, 3.05) is 25.6 Å². The van der Waals surface area contributed by atoms with Gasteiger partial charge in [-0.25, -0.2) is 9.18 Å². The molecule has 0 bridgehead atoms. The summed E-state index contributed by atoms with van der Waals surface area (Å²) in [6.45, 7) is -0.378. The SMILES string of the molecule is CN(C)c1cccc(C(=O)OCC(=O)c2ccc(F)cc2)c1. The Morgan fingerprint density at radius 1 is 1.05 bits per heavy atom. The fraction of sp³-hybridized carbons (Fsp3) is 0.176. The highest BCUT2D eigenvalue weighted by atomic mass is 19.1. The molecule has 0 N–H and O–H groups in total. The van der Waals surface area contributed by atoms with Crippen LogP contribution in [0.25, 0.3) is 0 Å². The third-order valence-electron chi connectivity index (χ3n) is 3.10. The monoisotopic (exact) mass is 301 g/mol. The highest BCUT2D eigenvalue weighted by Gasteiger charge is 2.12. The van der Waals surface area contributed by atoms with Gasteiger partial charge in [0.05, 0.1) is 5.56 Å². The van der Waals surface area contributed by atoms with E-state index < -0.39 is 11.8 Å². The molecule has 22 heavy (non-hydrogen) atoms. The van der Waals surface area contributed by atoms with E-state index in [-0.39, 0.29) is 12.4 Å². The number of ketones is 1. The lowest BCUT2D eigenvalue weighted by Gasteiger charge is -2.13. The van der Waals surface area contributed by atoms with Crippen LogP contribution in [0.2, 0.25) is 0 Å². The molecule has 0 heterocycles. The summed E-state index contributed by atoms with van der Waals surface area (Å²) >= 11 is 0. The summed E-state index contributed by atoms with van der Waals surface area (Å²) < 4.78 is 17.8. The quantitative estimate of drug-likeness (QED) is 0.629. The third-order valence-corrected chi connectivity index (χ3v) is 3.10. The van der Waals surface area contributed by atoms with Gasteiger partial charge < -0.3 is 9.64 Å². The van der Waals surface area contributed by atoms with Gasteiger partial charge in [0.2, 0.25) is 0 Å². The van der Waals surface area contributed by atoms with Gasteiger partial charge in [0.1, 0.15) is 5.82 Å². The number of hydrogen-bond acceptors (Lipinski definition) is 4. The lowest BCUT2D eigenvalue weighted by molar-refractivity contribution is 0.0475. The topological polar surface area (TPSA) is 46.6 Å². The molecule has 0 aliphatic rings. The van der Waals surface area contributed by atoms with Crippen molar-refractivity contribution in [2.24, 2.45) is 0 Å². The molecule has 0 fully saturated rings. The van der Waals surface area contributed by atoms with Crippen LogP contribution in [0.4, 0.5) is 10.1 Å². The molecule has 5 heteroatoms.